The van der Waals surface area contributed by atoms with Gasteiger partial charge < -0.3 is 15.8 Å². The van der Waals surface area contributed by atoms with Crippen LogP contribution in [0.5, 0.6) is 0 Å². The van der Waals surface area contributed by atoms with E-state index in [1.807, 2.05) is 13.8 Å². The van der Waals surface area contributed by atoms with Gasteiger partial charge in [0.15, 0.2) is 0 Å². The standard InChI is InChI=1S/C12H22N2O2S/c1-11(2,16-3)8-14-10(15)12(9(13)17)6-4-5-7-12/h4-8H2,1-3H3,(H2,13,17)(H,14,15). The van der Waals surface area contributed by atoms with Crippen molar-refractivity contribution in [3.63, 3.8) is 0 Å². The Morgan fingerprint density at radius 3 is 2.41 bits per heavy atom. The van der Waals surface area contributed by atoms with Gasteiger partial charge >= 0.3 is 0 Å². The fourth-order valence-corrected chi connectivity index (χ4v) is 2.40. The van der Waals surface area contributed by atoms with E-state index in [-0.39, 0.29) is 11.5 Å². The highest BCUT2D eigenvalue weighted by Gasteiger charge is 2.44. The Labute approximate surface area is 108 Å². The second-order valence-corrected chi connectivity index (χ2v) is 5.74. The average Bonchev–Trinajstić information content (AvgIpc) is 2.76. The molecule has 0 radical (unpaired) electrons. The van der Waals surface area contributed by atoms with Gasteiger partial charge in [-0.1, -0.05) is 25.1 Å². The zero-order valence-electron chi connectivity index (χ0n) is 10.8. The molecule has 0 spiro atoms. The molecule has 98 valence electrons. The van der Waals surface area contributed by atoms with Crippen molar-refractivity contribution in [3.05, 3.63) is 0 Å². The van der Waals surface area contributed by atoms with Gasteiger partial charge in [0, 0.05) is 13.7 Å². The molecule has 0 aliphatic heterocycles. The molecule has 4 nitrogen and oxygen atoms in total. The first-order valence-corrected chi connectivity index (χ1v) is 6.38. The first-order chi connectivity index (χ1) is 7.84. The molecule has 0 saturated heterocycles. The normalized spacial score (nSPS) is 19.0. The summed E-state index contributed by atoms with van der Waals surface area (Å²) in [5.41, 5.74) is 4.75. The van der Waals surface area contributed by atoms with Crippen LogP contribution in [0.15, 0.2) is 0 Å². The molecular weight excluding hydrogens is 236 g/mol. The number of hydrogen-bond acceptors (Lipinski definition) is 3. The molecule has 0 unspecified atom stereocenters. The topological polar surface area (TPSA) is 64.3 Å². The molecule has 0 atom stereocenters. The van der Waals surface area contributed by atoms with Crippen molar-refractivity contribution in [3.8, 4) is 0 Å². The smallest absolute Gasteiger partial charge is 0.233 e. The zero-order chi connectivity index (χ0) is 13.1. The maximum Gasteiger partial charge on any atom is 0.233 e. The van der Waals surface area contributed by atoms with Gasteiger partial charge in [-0.25, -0.2) is 0 Å². The minimum atomic E-state index is -0.626. The number of ether oxygens (including phenoxy) is 1. The van der Waals surface area contributed by atoms with Crippen LogP contribution < -0.4 is 11.1 Å². The van der Waals surface area contributed by atoms with Gasteiger partial charge in [0.2, 0.25) is 5.91 Å². The van der Waals surface area contributed by atoms with E-state index in [9.17, 15) is 4.79 Å². The lowest BCUT2D eigenvalue weighted by Gasteiger charge is -2.29. The summed E-state index contributed by atoms with van der Waals surface area (Å²) in [6.45, 7) is 4.32. The molecule has 1 amide bonds. The lowest BCUT2D eigenvalue weighted by molar-refractivity contribution is -0.128. The summed E-state index contributed by atoms with van der Waals surface area (Å²) in [6.07, 6.45) is 3.56. The number of carbonyl (C=O) groups is 1. The predicted molar refractivity (Wildman–Crippen MR) is 71.8 cm³/mol. The van der Waals surface area contributed by atoms with E-state index < -0.39 is 5.41 Å². The quantitative estimate of drug-likeness (QED) is 0.731. The van der Waals surface area contributed by atoms with E-state index in [1.54, 1.807) is 7.11 Å². The SMILES string of the molecule is COC(C)(C)CNC(=O)C1(C(N)=S)CCCC1. The van der Waals surface area contributed by atoms with Crippen LogP contribution in [-0.4, -0.2) is 30.2 Å². The highest BCUT2D eigenvalue weighted by Crippen LogP contribution is 2.38. The van der Waals surface area contributed by atoms with Crippen LogP contribution in [0.2, 0.25) is 0 Å². The second-order valence-electron chi connectivity index (χ2n) is 5.30. The van der Waals surface area contributed by atoms with Gasteiger partial charge in [-0.3, -0.25) is 4.79 Å². The van der Waals surface area contributed by atoms with Crippen molar-refractivity contribution in [1.29, 1.82) is 0 Å². The Morgan fingerprint density at radius 1 is 1.47 bits per heavy atom. The number of hydrogen-bond donors (Lipinski definition) is 2. The molecule has 3 N–H and O–H groups in total. The molecule has 1 fully saturated rings. The van der Waals surface area contributed by atoms with Gasteiger partial charge in [-0.05, 0) is 26.7 Å². The molecule has 0 heterocycles. The minimum absolute atomic E-state index is 0.0485. The van der Waals surface area contributed by atoms with Crippen LogP contribution in [-0.2, 0) is 9.53 Å². The summed E-state index contributed by atoms with van der Waals surface area (Å²) in [7, 11) is 1.63. The fraction of sp³-hybridized carbons (Fsp3) is 0.833. The van der Waals surface area contributed by atoms with Crippen LogP contribution in [0.4, 0.5) is 0 Å². The summed E-state index contributed by atoms with van der Waals surface area (Å²) < 4.78 is 5.27. The largest absolute Gasteiger partial charge is 0.392 e. The lowest BCUT2D eigenvalue weighted by Crippen LogP contribution is -2.50. The van der Waals surface area contributed by atoms with E-state index in [0.29, 0.717) is 11.5 Å². The third-order valence-electron chi connectivity index (χ3n) is 3.59. The molecule has 1 aliphatic rings. The second kappa shape index (κ2) is 5.31. The summed E-state index contributed by atoms with van der Waals surface area (Å²) in [4.78, 5) is 12.6. The van der Waals surface area contributed by atoms with Crippen LogP contribution in [0.25, 0.3) is 0 Å². The van der Waals surface area contributed by atoms with E-state index in [1.165, 1.54) is 0 Å². The molecule has 1 rings (SSSR count). The Morgan fingerprint density at radius 2 is 2.00 bits per heavy atom. The summed E-state index contributed by atoms with van der Waals surface area (Å²) in [5, 5.41) is 2.91. The van der Waals surface area contributed by atoms with Crippen LogP contribution in [0, 0.1) is 5.41 Å². The van der Waals surface area contributed by atoms with Gasteiger partial charge in [0.05, 0.1) is 16.0 Å². The van der Waals surface area contributed by atoms with Crippen molar-refractivity contribution in [2.75, 3.05) is 13.7 Å². The third-order valence-corrected chi connectivity index (χ3v) is 3.98. The van der Waals surface area contributed by atoms with Gasteiger partial charge in [-0.15, -0.1) is 0 Å². The molecule has 0 aromatic heterocycles. The number of carbonyl (C=O) groups excluding carboxylic acids is 1. The predicted octanol–water partition coefficient (Wildman–Crippen LogP) is 1.37. The highest BCUT2D eigenvalue weighted by atomic mass is 32.1. The summed E-state index contributed by atoms with van der Waals surface area (Å²) in [6, 6.07) is 0. The number of nitrogens with one attached hydrogen (secondary N) is 1. The average molecular weight is 258 g/mol. The van der Waals surface area contributed by atoms with Crippen molar-refractivity contribution < 1.29 is 9.53 Å². The molecule has 17 heavy (non-hydrogen) atoms. The third kappa shape index (κ3) is 3.16. The summed E-state index contributed by atoms with van der Waals surface area (Å²) in [5.74, 6) is -0.0485. The van der Waals surface area contributed by atoms with Crippen LogP contribution in [0.1, 0.15) is 39.5 Å². The van der Waals surface area contributed by atoms with Crippen molar-refractivity contribution in [1.82, 2.24) is 5.32 Å². The van der Waals surface area contributed by atoms with E-state index in [0.717, 1.165) is 25.7 Å². The zero-order valence-corrected chi connectivity index (χ0v) is 11.7. The maximum atomic E-state index is 12.2. The first-order valence-electron chi connectivity index (χ1n) is 5.97. The Kier molecular flexibility index (Phi) is 4.49. The number of nitrogens with two attached hydrogens (primary N) is 1. The molecule has 0 bridgehead atoms. The fourth-order valence-electron chi connectivity index (χ4n) is 2.10. The van der Waals surface area contributed by atoms with Crippen LogP contribution >= 0.6 is 12.2 Å². The van der Waals surface area contributed by atoms with Crippen LogP contribution in [0.3, 0.4) is 0 Å². The van der Waals surface area contributed by atoms with Gasteiger partial charge in [0.25, 0.3) is 0 Å². The number of rotatable bonds is 5. The Balaban J connectivity index is 2.65. The molecule has 0 aromatic carbocycles. The van der Waals surface area contributed by atoms with Crippen molar-refractivity contribution in [2.24, 2.45) is 11.1 Å². The molecule has 5 heteroatoms. The van der Waals surface area contributed by atoms with E-state index in [2.05, 4.69) is 5.32 Å². The minimum Gasteiger partial charge on any atom is -0.392 e. The monoisotopic (exact) mass is 258 g/mol. The molecule has 0 aromatic rings. The van der Waals surface area contributed by atoms with Crippen molar-refractivity contribution >= 4 is 23.1 Å². The Bertz CT molecular complexity index is 310. The highest BCUT2D eigenvalue weighted by molar-refractivity contribution is 7.80. The first kappa shape index (κ1) is 14.4. The molecule has 1 saturated carbocycles. The summed E-state index contributed by atoms with van der Waals surface area (Å²) >= 11 is 5.07. The number of amides is 1. The number of thiocarbonyl (C=S) groups is 1. The van der Waals surface area contributed by atoms with Gasteiger partial charge in [0.1, 0.15) is 0 Å². The lowest BCUT2D eigenvalue weighted by atomic mass is 9.85. The van der Waals surface area contributed by atoms with E-state index >= 15 is 0 Å². The van der Waals surface area contributed by atoms with E-state index in [4.69, 9.17) is 22.7 Å². The number of methoxy groups -OCH3 is 1. The maximum absolute atomic E-state index is 12.2. The van der Waals surface area contributed by atoms with Gasteiger partial charge in [-0.2, -0.15) is 0 Å². The molecular formula is C12H22N2O2S. The molecule has 1 aliphatic carbocycles. The Hall–Kier alpha value is -0.680. The van der Waals surface area contributed by atoms with Crippen molar-refractivity contribution in [2.45, 2.75) is 45.1 Å².